The van der Waals surface area contributed by atoms with E-state index in [4.69, 9.17) is 14.2 Å². The van der Waals surface area contributed by atoms with Gasteiger partial charge in [0.2, 0.25) is 0 Å². The third-order valence-corrected chi connectivity index (χ3v) is 3.60. The fourth-order valence-corrected chi connectivity index (χ4v) is 2.06. The van der Waals surface area contributed by atoms with E-state index in [2.05, 4.69) is 24.6 Å². The van der Waals surface area contributed by atoms with Crippen molar-refractivity contribution in [1.29, 1.82) is 0 Å². The molecule has 0 unspecified atom stereocenters. The van der Waals surface area contributed by atoms with Gasteiger partial charge in [0.05, 0.1) is 19.8 Å². The van der Waals surface area contributed by atoms with Gasteiger partial charge in [0, 0.05) is 36.4 Å². The summed E-state index contributed by atoms with van der Waals surface area (Å²) in [4.78, 5) is 36.4. The summed E-state index contributed by atoms with van der Waals surface area (Å²) in [5.74, 6) is -1.19. The van der Waals surface area contributed by atoms with Crippen LogP contribution in [0.5, 0.6) is 0 Å². The van der Waals surface area contributed by atoms with E-state index in [0.717, 1.165) is 0 Å². The highest BCUT2D eigenvalue weighted by atomic mass is 16.5. The largest absolute Gasteiger partial charge is 0.462 e. The average Bonchev–Trinajstić information content (AvgIpc) is 2.63. The molecule has 0 spiro atoms. The van der Waals surface area contributed by atoms with Crippen LogP contribution in [-0.2, 0) is 28.6 Å². The van der Waals surface area contributed by atoms with Crippen molar-refractivity contribution in [1.82, 2.24) is 4.90 Å². The molecule has 0 heterocycles. The normalized spacial score (nSPS) is 10.3. The summed E-state index contributed by atoms with van der Waals surface area (Å²) in [5, 5.41) is 0. The van der Waals surface area contributed by atoms with Gasteiger partial charge in [0.15, 0.2) is 0 Å². The Morgan fingerprint density at radius 1 is 0.607 bits per heavy atom. The fraction of sp³-hybridized carbons (Fsp3) is 0.571. The van der Waals surface area contributed by atoms with Crippen molar-refractivity contribution < 1.29 is 28.6 Å². The summed E-state index contributed by atoms with van der Waals surface area (Å²) in [5.41, 5.74) is 1.11. The number of esters is 3. The van der Waals surface area contributed by atoms with E-state index in [1.807, 2.05) is 0 Å². The van der Waals surface area contributed by atoms with Gasteiger partial charge in [-0.15, -0.1) is 0 Å². The van der Waals surface area contributed by atoms with E-state index < -0.39 is 17.9 Å². The van der Waals surface area contributed by atoms with Crippen molar-refractivity contribution in [2.24, 2.45) is 0 Å². The van der Waals surface area contributed by atoms with Crippen LogP contribution < -0.4 is 0 Å². The third-order valence-electron chi connectivity index (χ3n) is 3.60. The zero-order chi connectivity index (χ0) is 21.5. The lowest BCUT2D eigenvalue weighted by molar-refractivity contribution is -0.139. The molecule has 0 aliphatic rings. The number of hydrogen-bond acceptors (Lipinski definition) is 7. The summed E-state index contributed by atoms with van der Waals surface area (Å²) in [6, 6.07) is 0. The maximum absolute atomic E-state index is 11.4. The molecule has 0 aromatic heterocycles. The third kappa shape index (κ3) is 12.9. The summed E-state index contributed by atoms with van der Waals surface area (Å²) < 4.78 is 15.3. The SMILES string of the molecule is C=C(C)C(=O)OCCCN(CCCOC(=O)C(=C)C)CCCOC(=O)C(=C)C. The summed E-state index contributed by atoms with van der Waals surface area (Å²) in [6.07, 6.45) is 1.99. The molecule has 0 saturated carbocycles. The maximum atomic E-state index is 11.4. The minimum Gasteiger partial charge on any atom is -0.462 e. The minimum atomic E-state index is -0.398. The quantitative estimate of drug-likeness (QED) is 0.182. The molecule has 0 saturated heterocycles. The summed E-state index contributed by atoms with van der Waals surface area (Å²) >= 11 is 0. The molecule has 0 amide bonds. The Bertz CT molecular complexity index is 501. The second kappa shape index (κ2) is 14.6. The van der Waals surface area contributed by atoms with E-state index in [-0.39, 0.29) is 0 Å². The molecule has 7 heteroatoms. The minimum absolute atomic E-state index is 0.303. The van der Waals surface area contributed by atoms with E-state index in [1.54, 1.807) is 20.8 Å². The molecule has 0 aromatic rings. The molecule has 0 aliphatic carbocycles. The second-order valence-electron chi connectivity index (χ2n) is 6.65. The molecule has 0 radical (unpaired) electrons. The molecule has 158 valence electrons. The van der Waals surface area contributed by atoms with Crippen LogP contribution in [-0.4, -0.2) is 62.3 Å². The van der Waals surface area contributed by atoms with Gasteiger partial charge in [0.1, 0.15) is 0 Å². The molecule has 0 rings (SSSR count). The number of ether oxygens (including phenoxy) is 3. The van der Waals surface area contributed by atoms with Gasteiger partial charge in [0.25, 0.3) is 0 Å². The lowest BCUT2D eigenvalue weighted by Crippen LogP contribution is -2.30. The first kappa shape index (κ1) is 25.6. The van der Waals surface area contributed by atoms with E-state index in [1.165, 1.54) is 0 Å². The molecule has 7 nitrogen and oxygen atoms in total. The number of carbonyl (C=O) groups is 3. The van der Waals surface area contributed by atoms with Crippen molar-refractivity contribution in [3.05, 3.63) is 36.5 Å². The standard InChI is InChI=1S/C21H33NO6/c1-16(2)19(23)26-13-7-10-22(11-8-14-27-20(24)17(3)4)12-9-15-28-21(25)18(5)6/h1,3,5,7-15H2,2,4,6H3. The van der Waals surface area contributed by atoms with Crippen LogP contribution in [0.15, 0.2) is 36.5 Å². The highest BCUT2D eigenvalue weighted by molar-refractivity contribution is 5.87. The first-order chi connectivity index (χ1) is 13.1. The lowest BCUT2D eigenvalue weighted by Gasteiger charge is -2.22. The van der Waals surface area contributed by atoms with Crippen LogP contribution in [0.3, 0.4) is 0 Å². The van der Waals surface area contributed by atoms with Gasteiger partial charge in [-0.05, 0) is 40.0 Å². The maximum Gasteiger partial charge on any atom is 0.333 e. The molecule has 0 N–H and O–H groups in total. The highest BCUT2D eigenvalue weighted by Gasteiger charge is 2.09. The lowest BCUT2D eigenvalue weighted by atomic mass is 10.3. The predicted molar refractivity (Wildman–Crippen MR) is 108 cm³/mol. The molecule has 0 aliphatic heterocycles. The Morgan fingerprint density at radius 3 is 1.07 bits per heavy atom. The zero-order valence-electron chi connectivity index (χ0n) is 17.4. The average molecular weight is 395 g/mol. The number of carbonyl (C=O) groups excluding carboxylic acids is 3. The van der Waals surface area contributed by atoms with Gasteiger partial charge in [-0.2, -0.15) is 0 Å². The van der Waals surface area contributed by atoms with Gasteiger partial charge in [-0.3, -0.25) is 0 Å². The van der Waals surface area contributed by atoms with Gasteiger partial charge >= 0.3 is 17.9 Å². The van der Waals surface area contributed by atoms with Crippen molar-refractivity contribution >= 4 is 17.9 Å². The first-order valence-electron chi connectivity index (χ1n) is 9.35. The van der Waals surface area contributed by atoms with Crippen LogP contribution in [0.2, 0.25) is 0 Å². The number of rotatable bonds is 15. The van der Waals surface area contributed by atoms with Crippen molar-refractivity contribution in [3.8, 4) is 0 Å². The zero-order valence-corrected chi connectivity index (χ0v) is 17.4. The van der Waals surface area contributed by atoms with Crippen molar-refractivity contribution in [2.45, 2.75) is 40.0 Å². The Balaban J connectivity index is 4.28. The second-order valence-corrected chi connectivity index (χ2v) is 6.65. The Morgan fingerprint density at radius 2 is 0.857 bits per heavy atom. The predicted octanol–water partition coefficient (Wildman–Crippen LogP) is 2.82. The molecule has 0 bridgehead atoms. The van der Waals surface area contributed by atoms with E-state index >= 15 is 0 Å². The Kier molecular flexibility index (Phi) is 13.4. The van der Waals surface area contributed by atoms with Crippen LogP contribution in [0.25, 0.3) is 0 Å². The van der Waals surface area contributed by atoms with Gasteiger partial charge in [-0.25, -0.2) is 14.4 Å². The summed E-state index contributed by atoms with van der Waals surface area (Å²) in [7, 11) is 0. The van der Waals surface area contributed by atoms with Crippen molar-refractivity contribution in [3.63, 3.8) is 0 Å². The Hall–Kier alpha value is -2.41. The molecule has 28 heavy (non-hydrogen) atoms. The molecular weight excluding hydrogens is 362 g/mol. The molecule has 0 atom stereocenters. The van der Waals surface area contributed by atoms with E-state index in [9.17, 15) is 14.4 Å². The first-order valence-corrected chi connectivity index (χ1v) is 9.35. The summed E-state index contributed by atoms with van der Waals surface area (Å²) in [6.45, 7) is 18.4. The van der Waals surface area contributed by atoms with Crippen LogP contribution in [0.4, 0.5) is 0 Å². The number of hydrogen-bond donors (Lipinski definition) is 0. The molecule has 0 fully saturated rings. The number of nitrogens with zero attached hydrogens (tertiary/aromatic N) is 1. The van der Waals surface area contributed by atoms with Gasteiger partial charge in [-0.1, -0.05) is 19.7 Å². The molecular formula is C21H33NO6. The van der Waals surface area contributed by atoms with E-state index in [0.29, 0.717) is 75.4 Å². The topological polar surface area (TPSA) is 82.1 Å². The van der Waals surface area contributed by atoms with Crippen LogP contribution in [0.1, 0.15) is 40.0 Å². The van der Waals surface area contributed by atoms with Gasteiger partial charge < -0.3 is 19.1 Å². The van der Waals surface area contributed by atoms with Crippen LogP contribution in [0, 0.1) is 0 Å². The monoisotopic (exact) mass is 395 g/mol. The smallest absolute Gasteiger partial charge is 0.333 e. The fourth-order valence-electron chi connectivity index (χ4n) is 2.06. The molecule has 0 aromatic carbocycles. The Labute approximate surface area is 168 Å². The van der Waals surface area contributed by atoms with Crippen molar-refractivity contribution in [2.75, 3.05) is 39.5 Å². The van der Waals surface area contributed by atoms with Crippen LogP contribution >= 0.6 is 0 Å². The highest BCUT2D eigenvalue weighted by Crippen LogP contribution is 2.02.